The molecule has 0 saturated carbocycles. The highest BCUT2D eigenvalue weighted by atomic mass is 127. The molecule has 0 unspecified atom stereocenters. The molecule has 2 rings (SSSR count). The van der Waals surface area contributed by atoms with Crippen molar-refractivity contribution in [2.45, 2.75) is 46.1 Å². The Hall–Kier alpha value is -1.04. The molecule has 2 aromatic rings. The van der Waals surface area contributed by atoms with Gasteiger partial charge in [-0.1, -0.05) is 13.3 Å². The zero-order valence-electron chi connectivity index (χ0n) is 12.0. The van der Waals surface area contributed by atoms with E-state index in [-0.39, 0.29) is 11.5 Å². The third-order valence-electron chi connectivity index (χ3n) is 3.03. The van der Waals surface area contributed by atoms with Crippen LogP contribution in [-0.2, 0) is 6.42 Å². The highest BCUT2D eigenvalue weighted by Gasteiger charge is 2.16. The van der Waals surface area contributed by atoms with Crippen LogP contribution in [0.15, 0.2) is 27.4 Å². The summed E-state index contributed by atoms with van der Waals surface area (Å²) >= 11 is 2.20. The topological polar surface area (TPSA) is 39.4 Å². The maximum Gasteiger partial charge on any atom is 0.292 e. The number of unbranched alkanes of at least 4 members (excludes halogenated alkanes) is 1. The van der Waals surface area contributed by atoms with Crippen LogP contribution in [0.4, 0.5) is 0 Å². The molecule has 0 fully saturated rings. The standard InChI is InChI=1S/C16H19IO3/c1-4-5-6-12-15(18)13-9-11(17)7-8-14(13)20-16(12)19-10(2)3/h7-10H,4-6H2,1-3H3. The number of hydrogen-bond acceptors (Lipinski definition) is 3. The van der Waals surface area contributed by atoms with E-state index in [4.69, 9.17) is 9.15 Å². The Morgan fingerprint density at radius 2 is 2.10 bits per heavy atom. The molecule has 108 valence electrons. The largest absolute Gasteiger partial charge is 0.462 e. The highest BCUT2D eigenvalue weighted by Crippen LogP contribution is 2.25. The lowest BCUT2D eigenvalue weighted by Gasteiger charge is -2.13. The monoisotopic (exact) mass is 386 g/mol. The zero-order valence-corrected chi connectivity index (χ0v) is 14.2. The molecular weight excluding hydrogens is 367 g/mol. The molecule has 1 aromatic carbocycles. The van der Waals surface area contributed by atoms with Crippen LogP contribution < -0.4 is 10.2 Å². The van der Waals surface area contributed by atoms with Crippen LogP contribution in [-0.4, -0.2) is 6.10 Å². The molecule has 0 aliphatic carbocycles. The maximum atomic E-state index is 12.6. The van der Waals surface area contributed by atoms with Gasteiger partial charge in [0.15, 0.2) is 5.43 Å². The summed E-state index contributed by atoms with van der Waals surface area (Å²) in [6.07, 6.45) is 2.67. The van der Waals surface area contributed by atoms with E-state index in [0.717, 1.165) is 16.4 Å². The van der Waals surface area contributed by atoms with Crippen molar-refractivity contribution in [3.05, 3.63) is 37.6 Å². The van der Waals surface area contributed by atoms with Crippen molar-refractivity contribution >= 4 is 33.6 Å². The van der Waals surface area contributed by atoms with Crippen molar-refractivity contribution in [2.75, 3.05) is 0 Å². The van der Waals surface area contributed by atoms with Gasteiger partial charge >= 0.3 is 0 Å². The maximum absolute atomic E-state index is 12.6. The second kappa shape index (κ2) is 6.61. The molecule has 0 radical (unpaired) electrons. The second-order valence-electron chi connectivity index (χ2n) is 5.11. The summed E-state index contributed by atoms with van der Waals surface area (Å²) in [6, 6.07) is 5.63. The summed E-state index contributed by atoms with van der Waals surface area (Å²) in [7, 11) is 0. The predicted octanol–water partition coefficient (Wildman–Crippen LogP) is 4.53. The van der Waals surface area contributed by atoms with Gasteiger partial charge in [-0.3, -0.25) is 4.79 Å². The van der Waals surface area contributed by atoms with Crippen molar-refractivity contribution in [1.82, 2.24) is 0 Å². The predicted molar refractivity (Wildman–Crippen MR) is 89.6 cm³/mol. The van der Waals surface area contributed by atoms with Crippen molar-refractivity contribution in [3.8, 4) is 5.95 Å². The molecule has 1 aromatic heterocycles. The van der Waals surface area contributed by atoms with Gasteiger partial charge in [0, 0.05) is 3.57 Å². The minimum atomic E-state index is -0.0141. The first-order valence-electron chi connectivity index (χ1n) is 6.94. The fraction of sp³-hybridized carbons (Fsp3) is 0.438. The molecular formula is C16H19IO3. The number of fused-ring (bicyclic) bond motifs is 1. The van der Waals surface area contributed by atoms with Crippen LogP contribution in [0.3, 0.4) is 0 Å². The second-order valence-corrected chi connectivity index (χ2v) is 6.35. The van der Waals surface area contributed by atoms with Gasteiger partial charge in [-0.25, -0.2) is 0 Å². The summed E-state index contributed by atoms with van der Waals surface area (Å²) < 4.78 is 12.5. The van der Waals surface area contributed by atoms with Crippen LogP contribution in [0.25, 0.3) is 11.0 Å². The van der Waals surface area contributed by atoms with E-state index in [1.807, 2.05) is 32.0 Å². The van der Waals surface area contributed by atoms with Crippen LogP contribution in [0.5, 0.6) is 5.95 Å². The smallest absolute Gasteiger partial charge is 0.292 e. The molecule has 20 heavy (non-hydrogen) atoms. The van der Waals surface area contributed by atoms with Crippen molar-refractivity contribution in [3.63, 3.8) is 0 Å². The summed E-state index contributed by atoms with van der Waals surface area (Å²) in [6.45, 7) is 5.97. The van der Waals surface area contributed by atoms with Gasteiger partial charge in [-0.05, 0) is 67.5 Å². The Labute approximate surface area is 132 Å². The number of halogens is 1. The Balaban J connectivity index is 2.62. The van der Waals surface area contributed by atoms with E-state index in [1.165, 1.54) is 0 Å². The lowest BCUT2D eigenvalue weighted by molar-refractivity contribution is 0.185. The van der Waals surface area contributed by atoms with Gasteiger partial charge < -0.3 is 9.15 Å². The van der Waals surface area contributed by atoms with Crippen LogP contribution in [0.2, 0.25) is 0 Å². The van der Waals surface area contributed by atoms with Crippen molar-refractivity contribution < 1.29 is 9.15 Å². The third kappa shape index (κ3) is 3.34. The SMILES string of the molecule is CCCCc1c(OC(C)C)oc2ccc(I)cc2c1=O. The summed E-state index contributed by atoms with van der Waals surface area (Å²) in [5.41, 5.74) is 1.29. The molecule has 0 amide bonds. The number of benzene rings is 1. The summed E-state index contributed by atoms with van der Waals surface area (Å²) in [5, 5.41) is 0.638. The fourth-order valence-corrected chi connectivity index (χ4v) is 2.55. The quantitative estimate of drug-likeness (QED) is 0.709. The number of rotatable bonds is 5. The molecule has 4 heteroatoms. The molecule has 0 atom stereocenters. The lowest BCUT2D eigenvalue weighted by atomic mass is 10.1. The van der Waals surface area contributed by atoms with Crippen molar-refractivity contribution in [2.24, 2.45) is 0 Å². The van der Waals surface area contributed by atoms with Gasteiger partial charge in [0.1, 0.15) is 5.58 Å². The van der Waals surface area contributed by atoms with Crippen molar-refractivity contribution in [1.29, 1.82) is 0 Å². The van der Waals surface area contributed by atoms with Crippen LogP contribution in [0.1, 0.15) is 39.2 Å². The molecule has 3 nitrogen and oxygen atoms in total. The minimum absolute atomic E-state index is 0.0141. The van der Waals surface area contributed by atoms with Crippen LogP contribution in [0, 0.1) is 3.57 Å². The molecule has 0 bridgehead atoms. The number of ether oxygens (including phenoxy) is 1. The van der Waals surface area contributed by atoms with Gasteiger partial charge in [-0.15, -0.1) is 0 Å². The van der Waals surface area contributed by atoms with E-state index in [1.54, 1.807) is 0 Å². The number of hydrogen-bond donors (Lipinski definition) is 0. The Morgan fingerprint density at radius 1 is 1.35 bits per heavy atom. The Kier molecular flexibility index (Phi) is 5.07. The molecule has 0 spiro atoms. The van der Waals surface area contributed by atoms with Gasteiger partial charge in [0.25, 0.3) is 5.95 Å². The average Bonchev–Trinajstić information content (AvgIpc) is 2.39. The molecule has 0 N–H and O–H groups in total. The zero-order chi connectivity index (χ0) is 14.7. The minimum Gasteiger partial charge on any atom is -0.462 e. The first-order chi connectivity index (χ1) is 9.52. The first-order valence-corrected chi connectivity index (χ1v) is 8.02. The Morgan fingerprint density at radius 3 is 2.75 bits per heavy atom. The van der Waals surface area contributed by atoms with E-state index in [9.17, 15) is 4.79 Å². The fourth-order valence-electron chi connectivity index (χ4n) is 2.06. The highest BCUT2D eigenvalue weighted by molar-refractivity contribution is 14.1. The van der Waals surface area contributed by atoms with Gasteiger partial charge in [0.05, 0.1) is 17.1 Å². The average molecular weight is 386 g/mol. The molecule has 0 saturated heterocycles. The van der Waals surface area contributed by atoms with Crippen LogP contribution >= 0.6 is 22.6 Å². The molecule has 0 aliphatic heterocycles. The van der Waals surface area contributed by atoms with E-state index in [2.05, 4.69) is 29.5 Å². The van der Waals surface area contributed by atoms with E-state index < -0.39 is 0 Å². The first kappa shape index (κ1) is 15.4. The third-order valence-corrected chi connectivity index (χ3v) is 3.70. The molecule has 0 aliphatic rings. The van der Waals surface area contributed by atoms with E-state index >= 15 is 0 Å². The summed E-state index contributed by atoms with van der Waals surface area (Å²) in [5.74, 6) is 0.382. The lowest BCUT2D eigenvalue weighted by Crippen LogP contribution is -2.15. The van der Waals surface area contributed by atoms with Gasteiger partial charge in [0.2, 0.25) is 0 Å². The molecule has 1 heterocycles. The Bertz CT molecular complexity index is 659. The van der Waals surface area contributed by atoms with E-state index in [0.29, 0.717) is 28.9 Å². The summed E-state index contributed by atoms with van der Waals surface area (Å²) in [4.78, 5) is 12.6. The normalized spacial score (nSPS) is 11.2. The van der Waals surface area contributed by atoms with Gasteiger partial charge in [-0.2, -0.15) is 0 Å².